The summed E-state index contributed by atoms with van der Waals surface area (Å²) in [6.45, 7) is 0. The van der Waals surface area contributed by atoms with Gasteiger partial charge in [0.1, 0.15) is 0 Å². The Morgan fingerprint density at radius 3 is 1.39 bits per heavy atom. The topological polar surface area (TPSA) is 14.8 Å². The highest BCUT2D eigenvalue weighted by molar-refractivity contribution is 6.13. The van der Waals surface area contributed by atoms with Gasteiger partial charge in [-0.3, -0.25) is 0 Å². The second kappa shape index (κ2) is 8.48. The minimum Gasteiger partial charge on any atom is -0.317 e. The molecule has 9 aromatic rings. The third-order valence-corrected chi connectivity index (χ3v) is 8.46. The zero-order chi connectivity index (χ0) is 26.9. The third kappa shape index (κ3) is 3.20. The molecule has 0 N–H and O–H groups in total. The summed E-state index contributed by atoms with van der Waals surface area (Å²) in [7, 11) is 0. The average molecular weight is 524 g/mol. The van der Waals surface area contributed by atoms with Crippen LogP contribution < -0.4 is 0 Å². The number of hydrogen-bond acceptors (Lipinski definition) is 0. The predicted molar refractivity (Wildman–Crippen MR) is 172 cm³/mol. The Kier molecular flexibility index (Phi) is 4.61. The van der Waals surface area contributed by atoms with E-state index in [9.17, 15) is 0 Å². The first kappa shape index (κ1) is 22.3. The number of fused-ring (bicyclic) bond motifs is 7. The molecule has 0 radical (unpaired) electrons. The molecule has 3 heteroatoms. The minimum absolute atomic E-state index is 1.16. The van der Waals surface area contributed by atoms with E-state index in [-0.39, 0.29) is 0 Å². The minimum atomic E-state index is 1.16. The highest BCUT2D eigenvalue weighted by atomic mass is 15.0. The second-order valence-electron chi connectivity index (χ2n) is 10.7. The molecule has 0 saturated carbocycles. The van der Waals surface area contributed by atoms with Crippen LogP contribution in [-0.4, -0.2) is 13.7 Å². The molecule has 0 atom stereocenters. The maximum absolute atomic E-state index is 2.40. The second-order valence-corrected chi connectivity index (χ2v) is 10.7. The number of hydrogen-bond donors (Lipinski definition) is 0. The Balaban J connectivity index is 1.25. The van der Waals surface area contributed by atoms with E-state index < -0.39 is 0 Å². The van der Waals surface area contributed by atoms with E-state index in [2.05, 4.69) is 165 Å². The Labute approximate surface area is 236 Å². The quantitative estimate of drug-likeness (QED) is 0.219. The molecular weight excluding hydrogens is 498 g/mol. The predicted octanol–water partition coefficient (Wildman–Crippen LogP) is 9.82. The summed E-state index contributed by atoms with van der Waals surface area (Å²) in [5.41, 5.74) is 9.59. The van der Waals surface area contributed by atoms with Gasteiger partial charge >= 0.3 is 0 Å². The number of aromatic nitrogens is 3. The monoisotopic (exact) mass is 523 g/mol. The van der Waals surface area contributed by atoms with Crippen molar-refractivity contribution in [3.63, 3.8) is 0 Å². The smallest absolute Gasteiger partial charge is 0.0548 e. The lowest BCUT2D eigenvalue weighted by molar-refractivity contribution is 1.13. The number of benzene rings is 6. The number of nitrogens with zero attached hydrogens (tertiary/aromatic N) is 3. The first-order valence-corrected chi connectivity index (χ1v) is 14.0. The van der Waals surface area contributed by atoms with Crippen molar-refractivity contribution in [3.05, 3.63) is 152 Å². The van der Waals surface area contributed by atoms with Gasteiger partial charge in [0, 0.05) is 50.2 Å². The van der Waals surface area contributed by atoms with Crippen LogP contribution in [-0.2, 0) is 0 Å². The molecule has 3 nitrogen and oxygen atoms in total. The van der Waals surface area contributed by atoms with Gasteiger partial charge in [-0.05, 0) is 72.8 Å². The summed E-state index contributed by atoms with van der Waals surface area (Å²) >= 11 is 0. The van der Waals surface area contributed by atoms with Crippen LogP contribution in [0.25, 0.3) is 71.6 Å². The number of rotatable bonds is 3. The zero-order valence-corrected chi connectivity index (χ0v) is 22.3. The Morgan fingerprint density at radius 1 is 0.317 bits per heavy atom. The molecule has 0 spiro atoms. The van der Waals surface area contributed by atoms with Crippen LogP contribution in [0.5, 0.6) is 0 Å². The fraction of sp³-hybridized carbons (Fsp3) is 0. The van der Waals surface area contributed by atoms with Crippen molar-refractivity contribution in [3.8, 4) is 17.1 Å². The van der Waals surface area contributed by atoms with Crippen molar-refractivity contribution in [1.82, 2.24) is 13.7 Å². The highest BCUT2D eigenvalue weighted by Crippen LogP contribution is 2.37. The molecule has 9 rings (SSSR count). The lowest BCUT2D eigenvalue weighted by Gasteiger charge is -2.12. The molecule has 0 unspecified atom stereocenters. The van der Waals surface area contributed by atoms with Gasteiger partial charge in [-0.1, -0.05) is 72.8 Å². The Morgan fingerprint density at radius 2 is 0.805 bits per heavy atom. The molecule has 0 aliphatic heterocycles. The summed E-state index contributed by atoms with van der Waals surface area (Å²) in [6, 6.07) is 52.5. The lowest BCUT2D eigenvalue weighted by Crippen LogP contribution is -1.97. The van der Waals surface area contributed by atoms with Gasteiger partial charge in [-0.2, -0.15) is 0 Å². The van der Waals surface area contributed by atoms with E-state index in [1.54, 1.807) is 0 Å². The first-order chi connectivity index (χ1) is 20.3. The van der Waals surface area contributed by atoms with E-state index in [4.69, 9.17) is 0 Å². The van der Waals surface area contributed by atoms with Gasteiger partial charge in [0.25, 0.3) is 0 Å². The molecule has 0 bridgehead atoms. The highest BCUT2D eigenvalue weighted by Gasteiger charge is 2.16. The van der Waals surface area contributed by atoms with E-state index in [0.29, 0.717) is 0 Å². The summed E-state index contributed by atoms with van der Waals surface area (Å²) < 4.78 is 7.05. The van der Waals surface area contributed by atoms with Crippen LogP contribution in [0.3, 0.4) is 0 Å². The van der Waals surface area contributed by atoms with Crippen molar-refractivity contribution in [1.29, 1.82) is 0 Å². The Bertz CT molecular complexity index is 2350. The van der Waals surface area contributed by atoms with Crippen LogP contribution in [0.4, 0.5) is 0 Å². The van der Waals surface area contributed by atoms with Gasteiger partial charge in [0.15, 0.2) is 0 Å². The van der Waals surface area contributed by atoms with Crippen molar-refractivity contribution in [2.45, 2.75) is 0 Å². The normalized spacial score (nSPS) is 11.9. The van der Waals surface area contributed by atoms with Crippen LogP contribution >= 0.6 is 0 Å². The summed E-state index contributed by atoms with van der Waals surface area (Å²) in [6.07, 6.45) is 2.17. The van der Waals surface area contributed by atoms with Crippen LogP contribution in [0.1, 0.15) is 0 Å². The summed E-state index contributed by atoms with van der Waals surface area (Å²) in [4.78, 5) is 0. The largest absolute Gasteiger partial charge is 0.317 e. The molecule has 0 fully saturated rings. The van der Waals surface area contributed by atoms with E-state index in [0.717, 1.165) is 11.4 Å². The van der Waals surface area contributed by atoms with Crippen LogP contribution in [0.2, 0.25) is 0 Å². The SMILES string of the molecule is c1ccc(-n2ccc3cc4c(cc32)c2ccccc2n4-c2ccc(-n3c4ccccc4c4ccccc43)cc2)cc1. The van der Waals surface area contributed by atoms with Gasteiger partial charge in [-0.25, -0.2) is 0 Å². The number of para-hydroxylation sites is 4. The lowest BCUT2D eigenvalue weighted by atomic mass is 10.1. The fourth-order valence-electron chi connectivity index (χ4n) is 6.64. The van der Waals surface area contributed by atoms with Crippen LogP contribution in [0.15, 0.2) is 152 Å². The summed E-state index contributed by atoms with van der Waals surface area (Å²) in [5.74, 6) is 0. The van der Waals surface area contributed by atoms with Gasteiger partial charge < -0.3 is 13.7 Å². The molecular formula is C38H25N3. The van der Waals surface area contributed by atoms with Gasteiger partial charge in [0.2, 0.25) is 0 Å². The molecule has 3 aromatic heterocycles. The van der Waals surface area contributed by atoms with Gasteiger partial charge in [-0.15, -0.1) is 0 Å². The van der Waals surface area contributed by atoms with Crippen molar-refractivity contribution >= 4 is 54.5 Å². The zero-order valence-electron chi connectivity index (χ0n) is 22.3. The first-order valence-electron chi connectivity index (χ1n) is 14.0. The van der Waals surface area contributed by atoms with E-state index in [1.807, 2.05) is 0 Å². The third-order valence-electron chi connectivity index (χ3n) is 8.46. The standard InChI is InChI=1S/C38H25N3/c1-2-10-27(11-3-1)39-23-22-26-24-38-33(25-37(26)39)32-14-6-9-17-36(32)41(38)29-20-18-28(19-21-29)40-34-15-7-4-12-30(34)31-13-5-8-16-35(31)40/h1-25H. The van der Waals surface area contributed by atoms with E-state index >= 15 is 0 Å². The summed E-state index contributed by atoms with van der Waals surface area (Å²) in [5, 5.41) is 6.31. The van der Waals surface area contributed by atoms with Crippen molar-refractivity contribution in [2.75, 3.05) is 0 Å². The van der Waals surface area contributed by atoms with Crippen molar-refractivity contribution < 1.29 is 0 Å². The van der Waals surface area contributed by atoms with Crippen LogP contribution in [0, 0.1) is 0 Å². The molecule has 0 amide bonds. The molecule has 0 aliphatic rings. The maximum atomic E-state index is 2.40. The molecule has 0 saturated heterocycles. The molecule has 0 aliphatic carbocycles. The molecule has 6 aromatic carbocycles. The molecule has 3 heterocycles. The Hall–Kier alpha value is -5.54. The van der Waals surface area contributed by atoms with Crippen molar-refractivity contribution in [2.24, 2.45) is 0 Å². The average Bonchev–Trinajstić information content (AvgIpc) is 3.70. The fourth-order valence-corrected chi connectivity index (χ4v) is 6.64. The maximum Gasteiger partial charge on any atom is 0.0548 e. The molecule has 41 heavy (non-hydrogen) atoms. The van der Waals surface area contributed by atoms with Gasteiger partial charge in [0.05, 0.1) is 27.6 Å². The molecule has 192 valence electrons. The van der Waals surface area contributed by atoms with E-state index in [1.165, 1.54) is 60.2 Å².